The number of amides is 2. The van der Waals surface area contributed by atoms with Crippen molar-refractivity contribution in [2.45, 2.75) is 96.2 Å². The lowest BCUT2D eigenvalue weighted by atomic mass is 9.86. The highest BCUT2D eigenvalue weighted by Crippen LogP contribution is 2.31. The number of anilines is 1. The lowest BCUT2D eigenvalue weighted by Crippen LogP contribution is -2.54. The monoisotopic (exact) mass is 573 g/mol. The van der Waals surface area contributed by atoms with Gasteiger partial charge in [-0.25, -0.2) is 13.6 Å². The summed E-state index contributed by atoms with van der Waals surface area (Å²) in [5.74, 6) is -1.88. The van der Waals surface area contributed by atoms with Crippen LogP contribution in [0, 0.1) is 11.6 Å². The molecule has 1 fully saturated rings. The number of ether oxygens (including phenoxy) is 1. The van der Waals surface area contributed by atoms with Gasteiger partial charge in [0.1, 0.15) is 11.6 Å². The SMILES string of the molecule is CCOC(=O)CCNC(=O)NC(Cc1cc(F)cc(F)c1)C(O)CN(c1cccc(C(C)(C)C)c1)C1CCCCC1. The highest BCUT2D eigenvalue weighted by atomic mass is 19.1. The molecular formula is C32H45F2N3O4. The van der Waals surface area contributed by atoms with Crippen LogP contribution in [0.3, 0.4) is 0 Å². The molecule has 1 aliphatic carbocycles. The molecule has 0 heterocycles. The topological polar surface area (TPSA) is 90.9 Å². The molecular weight excluding hydrogens is 528 g/mol. The number of nitrogens with one attached hydrogen (secondary N) is 2. The number of aliphatic hydroxyl groups is 1. The second-order valence-corrected chi connectivity index (χ2v) is 11.9. The van der Waals surface area contributed by atoms with Gasteiger partial charge in [0.25, 0.3) is 0 Å². The van der Waals surface area contributed by atoms with Crippen molar-refractivity contribution in [1.29, 1.82) is 0 Å². The van der Waals surface area contributed by atoms with Crippen molar-refractivity contribution < 1.29 is 28.2 Å². The normalized spacial score (nSPS) is 15.6. The second kappa shape index (κ2) is 15.1. The molecule has 2 unspecified atom stereocenters. The van der Waals surface area contributed by atoms with Crippen molar-refractivity contribution in [3.8, 4) is 0 Å². The number of aliphatic hydroxyl groups excluding tert-OH is 1. The van der Waals surface area contributed by atoms with Crippen molar-refractivity contribution in [2.24, 2.45) is 0 Å². The van der Waals surface area contributed by atoms with E-state index in [1.165, 1.54) is 24.1 Å². The number of hydrogen-bond donors (Lipinski definition) is 3. The van der Waals surface area contributed by atoms with E-state index in [4.69, 9.17) is 4.74 Å². The summed E-state index contributed by atoms with van der Waals surface area (Å²) in [4.78, 5) is 26.6. The molecule has 0 saturated heterocycles. The summed E-state index contributed by atoms with van der Waals surface area (Å²) < 4.78 is 32.9. The molecule has 2 aromatic rings. The minimum Gasteiger partial charge on any atom is -0.466 e. The van der Waals surface area contributed by atoms with Gasteiger partial charge in [0.05, 0.1) is 25.2 Å². The number of halogens is 2. The average molecular weight is 574 g/mol. The van der Waals surface area contributed by atoms with Crippen molar-refractivity contribution in [3.05, 3.63) is 65.2 Å². The molecule has 0 aliphatic heterocycles. The van der Waals surface area contributed by atoms with E-state index >= 15 is 0 Å². The second-order valence-electron chi connectivity index (χ2n) is 11.9. The van der Waals surface area contributed by atoms with Crippen LogP contribution >= 0.6 is 0 Å². The highest BCUT2D eigenvalue weighted by Gasteiger charge is 2.29. The summed E-state index contributed by atoms with van der Waals surface area (Å²) in [6.45, 7) is 8.70. The molecule has 9 heteroatoms. The summed E-state index contributed by atoms with van der Waals surface area (Å²) in [7, 11) is 0. The number of carbonyl (C=O) groups excluding carboxylic acids is 2. The van der Waals surface area contributed by atoms with E-state index in [0.717, 1.165) is 37.4 Å². The zero-order valence-electron chi connectivity index (χ0n) is 24.7. The Morgan fingerprint density at radius 3 is 2.39 bits per heavy atom. The van der Waals surface area contributed by atoms with Crippen molar-refractivity contribution in [3.63, 3.8) is 0 Å². The first-order chi connectivity index (χ1) is 19.5. The minimum absolute atomic E-state index is 0.00314. The standard InChI is InChI=1S/C32H45F2N3O4/c1-5-41-30(39)14-15-35-31(40)36-28(18-22-16-24(33)20-25(34)17-22)29(38)21-37(26-11-7-6-8-12-26)27-13-9-10-23(19-27)32(2,3)4/h9-10,13,16-17,19-20,26,28-29,38H,5-8,11-12,14-15,18,21H2,1-4H3,(H2,35,36,40). The van der Waals surface area contributed by atoms with Gasteiger partial charge in [0, 0.05) is 30.9 Å². The quantitative estimate of drug-likeness (QED) is 0.287. The number of esters is 1. The van der Waals surface area contributed by atoms with Gasteiger partial charge >= 0.3 is 12.0 Å². The number of hydrogen-bond acceptors (Lipinski definition) is 5. The Hall–Kier alpha value is -3.20. The maximum Gasteiger partial charge on any atom is 0.315 e. The number of nitrogens with zero attached hydrogens (tertiary/aromatic N) is 1. The van der Waals surface area contributed by atoms with Gasteiger partial charge in [-0.2, -0.15) is 0 Å². The van der Waals surface area contributed by atoms with Crippen LogP contribution in [0.2, 0.25) is 0 Å². The summed E-state index contributed by atoms with van der Waals surface area (Å²) in [6, 6.07) is 10.3. The first kappa shape index (κ1) is 32.3. The van der Waals surface area contributed by atoms with Gasteiger partial charge in [-0.05, 0) is 67.0 Å². The maximum atomic E-state index is 14.0. The molecule has 7 nitrogen and oxygen atoms in total. The van der Waals surface area contributed by atoms with Gasteiger partial charge in [-0.15, -0.1) is 0 Å². The van der Waals surface area contributed by atoms with Crippen LogP contribution < -0.4 is 15.5 Å². The van der Waals surface area contributed by atoms with Crippen molar-refractivity contribution >= 4 is 17.7 Å². The summed E-state index contributed by atoms with van der Waals surface area (Å²) in [5, 5.41) is 17.0. The van der Waals surface area contributed by atoms with Crippen LogP contribution in [-0.2, 0) is 21.4 Å². The van der Waals surface area contributed by atoms with E-state index < -0.39 is 35.8 Å². The van der Waals surface area contributed by atoms with Gasteiger partial charge in [0.15, 0.2) is 0 Å². The summed E-state index contributed by atoms with van der Waals surface area (Å²) >= 11 is 0. The third-order valence-corrected chi connectivity index (χ3v) is 7.52. The number of rotatable bonds is 12. The lowest BCUT2D eigenvalue weighted by Gasteiger charge is -2.39. The number of carbonyl (C=O) groups is 2. The predicted octanol–water partition coefficient (Wildman–Crippen LogP) is 5.63. The fraction of sp³-hybridized carbons (Fsp3) is 0.562. The van der Waals surface area contributed by atoms with Gasteiger partial charge < -0.3 is 25.4 Å². The average Bonchev–Trinajstić information content (AvgIpc) is 2.91. The molecule has 226 valence electrons. The van der Waals surface area contributed by atoms with E-state index in [-0.39, 0.29) is 44.0 Å². The highest BCUT2D eigenvalue weighted by molar-refractivity contribution is 5.75. The van der Waals surface area contributed by atoms with Crippen LogP contribution in [0.25, 0.3) is 0 Å². The predicted molar refractivity (Wildman–Crippen MR) is 157 cm³/mol. The molecule has 1 saturated carbocycles. The first-order valence-electron chi connectivity index (χ1n) is 14.7. The van der Waals surface area contributed by atoms with Gasteiger partial charge in [0.2, 0.25) is 0 Å². The molecule has 2 amide bonds. The Morgan fingerprint density at radius 1 is 1.07 bits per heavy atom. The molecule has 0 spiro atoms. The molecule has 2 atom stereocenters. The lowest BCUT2D eigenvalue weighted by molar-refractivity contribution is -0.142. The van der Waals surface area contributed by atoms with Crippen LogP contribution in [0.4, 0.5) is 19.3 Å². The molecule has 0 radical (unpaired) electrons. The van der Waals surface area contributed by atoms with E-state index in [0.29, 0.717) is 5.56 Å². The number of urea groups is 1. The zero-order chi connectivity index (χ0) is 30.0. The van der Waals surface area contributed by atoms with E-state index in [1.54, 1.807) is 6.92 Å². The van der Waals surface area contributed by atoms with Crippen LogP contribution in [0.15, 0.2) is 42.5 Å². The van der Waals surface area contributed by atoms with E-state index in [2.05, 4.69) is 48.4 Å². The zero-order valence-corrected chi connectivity index (χ0v) is 24.7. The molecule has 0 bridgehead atoms. The van der Waals surface area contributed by atoms with E-state index in [1.807, 2.05) is 12.1 Å². The third-order valence-electron chi connectivity index (χ3n) is 7.52. The molecule has 1 aliphatic rings. The largest absolute Gasteiger partial charge is 0.466 e. The Balaban J connectivity index is 1.84. The maximum absolute atomic E-state index is 14.0. The minimum atomic E-state index is -1.06. The van der Waals surface area contributed by atoms with Crippen molar-refractivity contribution in [2.75, 3.05) is 24.6 Å². The molecule has 2 aromatic carbocycles. The van der Waals surface area contributed by atoms with Gasteiger partial charge in [-0.3, -0.25) is 4.79 Å². The molecule has 0 aromatic heterocycles. The first-order valence-corrected chi connectivity index (χ1v) is 14.7. The van der Waals surface area contributed by atoms with E-state index in [9.17, 15) is 23.5 Å². The third kappa shape index (κ3) is 10.3. The Bertz CT molecular complexity index is 1130. The van der Waals surface area contributed by atoms with Crippen LogP contribution in [-0.4, -0.2) is 55.0 Å². The van der Waals surface area contributed by atoms with Gasteiger partial charge in [-0.1, -0.05) is 52.2 Å². The summed E-state index contributed by atoms with van der Waals surface area (Å²) in [5.41, 5.74) is 2.44. The van der Waals surface area contributed by atoms with Crippen molar-refractivity contribution in [1.82, 2.24) is 10.6 Å². The number of benzene rings is 2. The fourth-order valence-electron chi connectivity index (χ4n) is 5.33. The fourth-order valence-corrected chi connectivity index (χ4v) is 5.33. The Kier molecular flexibility index (Phi) is 11.9. The summed E-state index contributed by atoms with van der Waals surface area (Å²) in [6.07, 6.45) is 4.33. The molecule has 41 heavy (non-hydrogen) atoms. The Morgan fingerprint density at radius 2 is 1.76 bits per heavy atom. The van der Waals surface area contributed by atoms with Crippen LogP contribution in [0.1, 0.15) is 77.3 Å². The molecule has 3 N–H and O–H groups in total. The smallest absolute Gasteiger partial charge is 0.315 e. The Labute approximate surface area is 242 Å². The van der Waals surface area contributed by atoms with Crippen LogP contribution in [0.5, 0.6) is 0 Å². The molecule has 3 rings (SSSR count).